The molecule has 4 N–H and O–H groups in total. The van der Waals surface area contributed by atoms with E-state index in [1.165, 1.54) is 5.57 Å². The summed E-state index contributed by atoms with van der Waals surface area (Å²) < 4.78 is 0. The Hall–Kier alpha value is -0.590. The van der Waals surface area contributed by atoms with Gasteiger partial charge in [0.05, 0.1) is 23.9 Å². The van der Waals surface area contributed by atoms with Gasteiger partial charge in [-0.25, -0.2) is 0 Å². The van der Waals surface area contributed by atoms with Crippen molar-refractivity contribution >= 4 is 11.8 Å². The lowest BCUT2D eigenvalue weighted by molar-refractivity contribution is 0.0295. The Labute approximate surface area is 205 Å². The normalized spacial score (nSPS) is 38.7. The molecule has 3 rings (SSSR count). The van der Waals surface area contributed by atoms with Crippen LogP contribution < -0.4 is 0 Å². The van der Waals surface area contributed by atoms with Crippen molar-refractivity contribution in [3.05, 3.63) is 35.5 Å². The van der Waals surface area contributed by atoms with Gasteiger partial charge in [-0.1, -0.05) is 52.0 Å². The van der Waals surface area contributed by atoms with Crippen LogP contribution in [0.15, 0.2) is 35.5 Å². The van der Waals surface area contributed by atoms with Crippen molar-refractivity contribution in [1.82, 2.24) is 0 Å². The van der Waals surface area contributed by atoms with Gasteiger partial charge in [-0.3, -0.25) is 0 Å². The molecule has 5 heteroatoms. The van der Waals surface area contributed by atoms with Crippen LogP contribution in [0, 0.1) is 17.3 Å². The standard InChI is InChI=1S/C28H46O4S/c1-6-28(32,7-2)13-14-33-19(4)26-25(31)17-23-20(9-8-12-27(23,26)5)10-11-21-15-22(29)16-24(30)18(21)3/h10-11,19,22-26,29-32H,3,6-9,12-17H2,1-2,4-5H3/b20-10+,21-11-/t19?,22-,23+,24+,25-,26+,27+/m1/s1. The van der Waals surface area contributed by atoms with E-state index in [-0.39, 0.29) is 17.4 Å². The Morgan fingerprint density at radius 3 is 2.55 bits per heavy atom. The van der Waals surface area contributed by atoms with Crippen LogP contribution in [-0.4, -0.2) is 55.3 Å². The summed E-state index contributed by atoms with van der Waals surface area (Å²) in [4.78, 5) is 0. The molecule has 3 aliphatic carbocycles. The molecule has 0 heterocycles. The number of aliphatic hydroxyl groups excluding tert-OH is 3. The van der Waals surface area contributed by atoms with Crippen LogP contribution in [0.3, 0.4) is 0 Å². The molecule has 188 valence electrons. The average Bonchev–Trinajstić information content (AvgIpc) is 3.05. The van der Waals surface area contributed by atoms with Gasteiger partial charge in [0.15, 0.2) is 0 Å². The molecule has 0 aromatic rings. The predicted molar refractivity (Wildman–Crippen MR) is 138 cm³/mol. The number of rotatable bonds is 8. The van der Waals surface area contributed by atoms with Crippen LogP contribution in [-0.2, 0) is 0 Å². The van der Waals surface area contributed by atoms with Crippen molar-refractivity contribution in [3.8, 4) is 0 Å². The summed E-state index contributed by atoms with van der Waals surface area (Å²) in [6.07, 6.45) is 10.2. The zero-order valence-corrected chi connectivity index (χ0v) is 21.9. The van der Waals surface area contributed by atoms with Gasteiger partial charge < -0.3 is 20.4 Å². The largest absolute Gasteiger partial charge is 0.393 e. The minimum atomic E-state index is -0.663. The Bertz CT molecular complexity index is 755. The van der Waals surface area contributed by atoms with Crippen molar-refractivity contribution in [2.45, 2.75) is 115 Å². The smallest absolute Gasteiger partial charge is 0.0811 e. The number of fused-ring (bicyclic) bond motifs is 1. The maximum atomic E-state index is 11.2. The van der Waals surface area contributed by atoms with E-state index >= 15 is 0 Å². The summed E-state index contributed by atoms with van der Waals surface area (Å²) in [5, 5.41) is 42.4. The summed E-state index contributed by atoms with van der Waals surface area (Å²) in [5.41, 5.74) is 2.57. The fourth-order valence-electron chi connectivity index (χ4n) is 6.75. The van der Waals surface area contributed by atoms with Gasteiger partial charge >= 0.3 is 0 Å². The Morgan fingerprint density at radius 1 is 1.18 bits per heavy atom. The number of thioether (sulfide) groups is 1. The zero-order valence-electron chi connectivity index (χ0n) is 21.1. The molecule has 7 atom stereocenters. The molecule has 3 fully saturated rings. The topological polar surface area (TPSA) is 80.9 Å². The Balaban J connectivity index is 1.73. The van der Waals surface area contributed by atoms with E-state index in [1.54, 1.807) is 0 Å². The first-order valence-corrected chi connectivity index (χ1v) is 14.1. The van der Waals surface area contributed by atoms with Crippen molar-refractivity contribution < 1.29 is 20.4 Å². The molecule has 33 heavy (non-hydrogen) atoms. The third-order valence-corrected chi connectivity index (χ3v) is 10.4. The summed E-state index contributed by atoms with van der Waals surface area (Å²) in [6, 6.07) is 0. The number of hydrogen-bond donors (Lipinski definition) is 4. The van der Waals surface area contributed by atoms with E-state index in [4.69, 9.17) is 0 Å². The summed E-state index contributed by atoms with van der Waals surface area (Å²) in [7, 11) is 0. The number of allylic oxidation sites excluding steroid dienone is 3. The minimum Gasteiger partial charge on any atom is -0.393 e. The molecule has 0 saturated heterocycles. The van der Waals surface area contributed by atoms with Gasteiger partial charge in [0.2, 0.25) is 0 Å². The molecule has 0 radical (unpaired) electrons. The maximum absolute atomic E-state index is 11.2. The highest BCUT2D eigenvalue weighted by atomic mass is 32.2. The molecule has 3 aliphatic rings. The summed E-state index contributed by atoms with van der Waals surface area (Å²) in [5.74, 6) is 1.53. The van der Waals surface area contributed by atoms with Gasteiger partial charge in [0, 0.05) is 17.6 Å². The highest BCUT2D eigenvalue weighted by molar-refractivity contribution is 7.99. The molecule has 3 saturated carbocycles. The average molecular weight is 479 g/mol. The van der Waals surface area contributed by atoms with Crippen LogP contribution in [0.4, 0.5) is 0 Å². The van der Waals surface area contributed by atoms with Gasteiger partial charge in [0.1, 0.15) is 0 Å². The van der Waals surface area contributed by atoms with Gasteiger partial charge in [0.25, 0.3) is 0 Å². The first kappa shape index (κ1) is 27.0. The highest BCUT2D eigenvalue weighted by Gasteiger charge is 2.55. The molecule has 0 aliphatic heterocycles. The van der Waals surface area contributed by atoms with Crippen LogP contribution >= 0.6 is 11.8 Å². The van der Waals surface area contributed by atoms with Crippen LogP contribution in [0.5, 0.6) is 0 Å². The quantitative estimate of drug-likeness (QED) is 0.387. The van der Waals surface area contributed by atoms with Crippen LogP contribution in [0.1, 0.15) is 85.5 Å². The first-order valence-electron chi connectivity index (χ1n) is 13.0. The van der Waals surface area contributed by atoms with E-state index in [0.717, 1.165) is 61.8 Å². The summed E-state index contributed by atoms with van der Waals surface area (Å²) in [6.45, 7) is 12.8. The minimum absolute atomic E-state index is 0.0723. The second-order valence-electron chi connectivity index (χ2n) is 11.1. The first-order chi connectivity index (χ1) is 15.5. The second kappa shape index (κ2) is 11.0. The molecule has 4 nitrogen and oxygen atoms in total. The van der Waals surface area contributed by atoms with Gasteiger partial charge in [-0.05, 0) is 79.6 Å². The van der Waals surface area contributed by atoms with Crippen molar-refractivity contribution in [2.24, 2.45) is 17.3 Å². The van der Waals surface area contributed by atoms with E-state index in [9.17, 15) is 20.4 Å². The fraction of sp³-hybridized carbons (Fsp3) is 0.786. The molecule has 0 amide bonds. The highest BCUT2D eigenvalue weighted by Crippen LogP contribution is 2.59. The SMILES string of the molecule is C=C1/C(=C\C=C2/CCC[C@@]3(C)[C@H]2C[C@@H](O)[C@@H]3C(C)SCCC(O)(CC)CC)C[C@@H](O)C[C@@H]1O. The molecule has 1 unspecified atom stereocenters. The summed E-state index contributed by atoms with van der Waals surface area (Å²) >= 11 is 1.91. The number of hydrogen-bond acceptors (Lipinski definition) is 5. The fourth-order valence-corrected chi connectivity index (χ4v) is 8.32. The molecular formula is C28H46O4S. The number of aliphatic hydroxyl groups is 4. The predicted octanol–water partition coefficient (Wildman–Crippen LogP) is 5.16. The van der Waals surface area contributed by atoms with E-state index in [2.05, 4.69) is 46.4 Å². The lowest BCUT2D eigenvalue weighted by Crippen LogP contribution is -2.40. The third-order valence-electron chi connectivity index (χ3n) is 9.11. The molecule has 0 aromatic heterocycles. The maximum Gasteiger partial charge on any atom is 0.0811 e. The third kappa shape index (κ3) is 5.81. The zero-order chi connectivity index (χ0) is 24.4. The monoisotopic (exact) mass is 478 g/mol. The lowest BCUT2D eigenvalue weighted by Gasteiger charge is -2.44. The molecule has 0 aromatic carbocycles. The van der Waals surface area contributed by atoms with Gasteiger partial charge in [-0.15, -0.1) is 0 Å². The van der Waals surface area contributed by atoms with E-state index in [1.807, 2.05) is 11.8 Å². The van der Waals surface area contributed by atoms with Crippen molar-refractivity contribution in [1.29, 1.82) is 0 Å². The van der Waals surface area contributed by atoms with Crippen molar-refractivity contribution in [2.75, 3.05) is 5.75 Å². The second-order valence-corrected chi connectivity index (χ2v) is 12.6. The van der Waals surface area contributed by atoms with E-state index in [0.29, 0.717) is 24.0 Å². The van der Waals surface area contributed by atoms with E-state index < -0.39 is 17.8 Å². The lowest BCUT2D eigenvalue weighted by atomic mass is 9.63. The Morgan fingerprint density at radius 2 is 1.88 bits per heavy atom. The van der Waals surface area contributed by atoms with Crippen molar-refractivity contribution in [3.63, 3.8) is 0 Å². The molecule has 0 spiro atoms. The van der Waals surface area contributed by atoms with Gasteiger partial charge in [-0.2, -0.15) is 11.8 Å². The Kier molecular flexibility index (Phi) is 8.99. The van der Waals surface area contributed by atoms with Crippen LogP contribution in [0.25, 0.3) is 0 Å². The molecule has 0 bridgehead atoms. The van der Waals surface area contributed by atoms with Crippen LogP contribution in [0.2, 0.25) is 0 Å². The molecular weight excluding hydrogens is 432 g/mol.